The van der Waals surface area contributed by atoms with Gasteiger partial charge in [-0.05, 0) is 38.1 Å². The number of amides is 1. The van der Waals surface area contributed by atoms with E-state index in [9.17, 15) is 4.79 Å². The monoisotopic (exact) mass is 271 g/mol. The van der Waals surface area contributed by atoms with Crippen LogP contribution in [0.5, 0.6) is 0 Å². The van der Waals surface area contributed by atoms with Gasteiger partial charge < -0.3 is 9.88 Å². The van der Waals surface area contributed by atoms with Gasteiger partial charge in [0.05, 0.1) is 12.0 Å². The maximum atomic E-state index is 11.9. The standard InChI is InChI=1S/C16H21N3O/c1-11-12(2)19(10-17-11)14-8-6-13(7-9-14)18-15(20)16(3,4)5/h6-10H,1-5H3,(H,18,20). The van der Waals surface area contributed by atoms with E-state index >= 15 is 0 Å². The molecule has 4 heteroatoms. The zero-order chi connectivity index (χ0) is 14.9. The second-order valence-corrected chi connectivity index (χ2v) is 6.04. The number of nitrogens with one attached hydrogen (secondary N) is 1. The number of benzene rings is 1. The molecule has 0 aliphatic rings. The van der Waals surface area contributed by atoms with Crippen LogP contribution in [-0.2, 0) is 4.79 Å². The highest BCUT2D eigenvalue weighted by Gasteiger charge is 2.21. The predicted molar refractivity (Wildman–Crippen MR) is 81.1 cm³/mol. The summed E-state index contributed by atoms with van der Waals surface area (Å²) in [5.74, 6) is 0.0138. The third-order valence-electron chi connectivity index (χ3n) is 3.34. The molecule has 106 valence electrons. The number of hydrogen-bond acceptors (Lipinski definition) is 2. The van der Waals surface area contributed by atoms with Crippen molar-refractivity contribution in [2.24, 2.45) is 5.41 Å². The van der Waals surface area contributed by atoms with Crippen molar-refractivity contribution in [1.82, 2.24) is 9.55 Å². The minimum absolute atomic E-state index is 0.0138. The molecule has 0 unspecified atom stereocenters. The lowest BCUT2D eigenvalue weighted by molar-refractivity contribution is -0.123. The van der Waals surface area contributed by atoms with Gasteiger partial charge in [0, 0.05) is 22.5 Å². The van der Waals surface area contributed by atoms with Crippen LogP contribution in [0.15, 0.2) is 30.6 Å². The van der Waals surface area contributed by atoms with E-state index in [0.29, 0.717) is 0 Å². The second kappa shape index (κ2) is 5.12. The van der Waals surface area contributed by atoms with Crippen molar-refractivity contribution >= 4 is 11.6 Å². The smallest absolute Gasteiger partial charge is 0.229 e. The van der Waals surface area contributed by atoms with Crippen molar-refractivity contribution in [3.05, 3.63) is 42.0 Å². The molecule has 0 saturated heterocycles. The average Bonchev–Trinajstić information content (AvgIpc) is 2.70. The highest BCUT2D eigenvalue weighted by molar-refractivity contribution is 5.94. The number of nitrogens with zero attached hydrogens (tertiary/aromatic N) is 2. The summed E-state index contributed by atoms with van der Waals surface area (Å²) in [4.78, 5) is 16.2. The molecule has 0 spiro atoms. The van der Waals surface area contributed by atoms with Gasteiger partial charge >= 0.3 is 0 Å². The lowest BCUT2D eigenvalue weighted by Gasteiger charge is -2.17. The summed E-state index contributed by atoms with van der Waals surface area (Å²) >= 11 is 0. The van der Waals surface area contributed by atoms with Crippen LogP contribution in [0.3, 0.4) is 0 Å². The normalized spacial score (nSPS) is 11.4. The predicted octanol–water partition coefficient (Wildman–Crippen LogP) is 3.47. The summed E-state index contributed by atoms with van der Waals surface area (Å²) < 4.78 is 2.03. The summed E-state index contributed by atoms with van der Waals surface area (Å²) in [7, 11) is 0. The van der Waals surface area contributed by atoms with Crippen LogP contribution >= 0.6 is 0 Å². The number of anilines is 1. The van der Waals surface area contributed by atoms with Gasteiger partial charge in [-0.15, -0.1) is 0 Å². The molecule has 1 aromatic heterocycles. The van der Waals surface area contributed by atoms with E-state index in [1.807, 2.05) is 69.8 Å². The number of imidazole rings is 1. The fraction of sp³-hybridized carbons (Fsp3) is 0.375. The molecule has 0 bridgehead atoms. The Morgan fingerprint density at radius 1 is 1.15 bits per heavy atom. The first-order valence-electron chi connectivity index (χ1n) is 6.71. The van der Waals surface area contributed by atoms with Crippen LogP contribution < -0.4 is 5.32 Å². The van der Waals surface area contributed by atoms with Gasteiger partial charge in [-0.3, -0.25) is 4.79 Å². The molecule has 1 amide bonds. The third kappa shape index (κ3) is 2.90. The SMILES string of the molecule is Cc1ncn(-c2ccc(NC(=O)C(C)(C)C)cc2)c1C. The number of aromatic nitrogens is 2. The van der Waals surface area contributed by atoms with Crippen LogP contribution in [0, 0.1) is 19.3 Å². The van der Waals surface area contributed by atoms with Crippen molar-refractivity contribution in [1.29, 1.82) is 0 Å². The molecule has 0 saturated carbocycles. The Hall–Kier alpha value is -2.10. The minimum Gasteiger partial charge on any atom is -0.326 e. The molecule has 20 heavy (non-hydrogen) atoms. The Balaban J connectivity index is 2.19. The lowest BCUT2D eigenvalue weighted by Crippen LogP contribution is -2.27. The van der Waals surface area contributed by atoms with E-state index in [0.717, 1.165) is 22.8 Å². The quantitative estimate of drug-likeness (QED) is 0.909. The van der Waals surface area contributed by atoms with Crippen molar-refractivity contribution in [2.75, 3.05) is 5.32 Å². The van der Waals surface area contributed by atoms with E-state index in [-0.39, 0.29) is 5.91 Å². The van der Waals surface area contributed by atoms with Gasteiger partial charge in [0.25, 0.3) is 0 Å². The topological polar surface area (TPSA) is 46.9 Å². The van der Waals surface area contributed by atoms with Crippen LogP contribution in [-0.4, -0.2) is 15.5 Å². The largest absolute Gasteiger partial charge is 0.326 e. The van der Waals surface area contributed by atoms with E-state index in [1.54, 1.807) is 0 Å². The number of carbonyl (C=O) groups excluding carboxylic acids is 1. The van der Waals surface area contributed by atoms with Crippen molar-refractivity contribution < 1.29 is 4.79 Å². The van der Waals surface area contributed by atoms with Gasteiger partial charge in [-0.25, -0.2) is 4.98 Å². The summed E-state index contributed by atoms with van der Waals surface area (Å²) in [5, 5.41) is 2.92. The van der Waals surface area contributed by atoms with Gasteiger partial charge in [0.15, 0.2) is 0 Å². The van der Waals surface area contributed by atoms with Crippen molar-refractivity contribution in [3.8, 4) is 5.69 Å². The molecule has 0 aliphatic carbocycles. The van der Waals surface area contributed by atoms with Gasteiger partial charge in [0.1, 0.15) is 0 Å². The summed E-state index contributed by atoms with van der Waals surface area (Å²) in [6, 6.07) is 7.78. The first-order chi connectivity index (χ1) is 9.29. The molecule has 2 rings (SSSR count). The molecule has 0 atom stereocenters. The number of carbonyl (C=O) groups is 1. The Bertz CT molecular complexity index is 618. The Labute approximate surface area is 119 Å². The van der Waals surface area contributed by atoms with E-state index in [1.165, 1.54) is 0 Å². The highest BCUT2D eigenvalue weighted by Crippen LogP contribution is 2.20. The average molecular weight is 271 g/mol. The zero-order valence-corrected chi connectivity index (χ0v) is 12.7. The van der Waals surface area contributed by atoms with E-state index in [2.05, 4.69) is 10.3 Å². The molecular formula is C16H21N3O. The summed E-state index contributed by atoms with van der Waals surface area (Å²) in [6.45, 7) is 9.72. The molecule has 0 aliphatic heterocycles. The Morgan fingerprint density at radius 2 is 1.75 bits per heavy atom. The molecule has 2 aromatic rings. The number of hydrogen-bond donors (Lipinski definition) is 1. The first-order valence-corrected chi connectivity index (χ1v) is 6.71. The maximum absolute atomic E-state index is 11.9. The zero-order valence-electron chi connectivity index (χ0n) is 12.7. The molecule has 0 fully saturated rings. The van der Waals surface area contributed by atoms with Crippen molar-refractivity contribution in [2.45, 2.75) is 34.6 Å². The van der Waals surface area contributed by atoms with Crippen LogP contribution in [0.2, 0.25) is 0 Å². The van der Waals surface area contributed by atoms with E-state index in [4.69, 9.17) is 0 Å². The third-order valence-corrected chi connectivity index (χ3v) is 3.34. The first kappa shape index (κ1) is 14.3. The highest BCUT2D eigenvalue weighted by atomic mass is 16.2. The molecule has 1 heterocycles. The van der Waals surface area contributed by atoms with Gasteiger partial charge in [0.2, 0.25) is 5.91 Å². The van der Waals surface area contributed by atoms with Crippen LogP contribution in [0.4, 0.5) is 5.69 Å². The maximum Gasteiger partial charge on any atom is 0.229 e. The van der Waals surface area contributed by atoms with Crippen molar-refractivity contribution in [3.63, 3.8) is 0 Å². The number of aryl methyl sites for hydroxylation is 1. The van der Waals surface area contributed by atoms with Crippen LogP contribution in [0.1, 0.15) is 32.2 Å². The summed E-state index contributed by atoms with van der Waals surface area (Å²) in [6.07, 6.45) is 1.81. The van der Waals surface area contributed by atoms with Crippen LogP contribution in [0.25, 0.3) is 5.69 Å². The molecular weight excluding hydrogens is 250 g/mol. The molecule has 1 aromatic carbocycles. The van der Waals surface area contributed by atoms with E-state index < -0.39 is 5.41 Å². The minimum atomic E-state index is -0.392. The Morgan fingerprint density at radius 3 is 2.20 bits per heavy atom. The second-order valence-electron chi connectivity index (χ2n) is 6.04. The molecule has 1 N–H and O–H groups in total. The van der Waals surface area contributed by atoms with Gasteiger partial charge in [-0.2, -0.15) is 0 Å². The lowest BCUT2D eigenvalue weighted by atomic mass is 9.95. The molecule has 0 radical (unpaired) electrons. The fourth-order valence-corrected chi connectivity index (χ4v) is 1.78. The van der Waals surface area contributed by atoms with Gasteiger partial charge in [-0.1, -0.05) is 20.8 Å². The summed E-state index contributed by atoms with van der Waals surface area (Å²) in [5.41, 5.74) is 3.60. The number of rotatable bonds is 2. The fourth-order valence-electron chi connectivity index (χ4n) is 1.78. The molecule has 4 nitrogen and oxygen atoms in total. The Kier molecular flexibility index (Phi) is 3.66.